The molecule has 0 aromatic rings. The van der Waals surface area contributed by atoms with Gasteiger partial charge in [0.15, 0.2) is 0 Å². The van der Waals surface area contributed by atoms with Crippen LogP contribution in [0, 0.1) is 5.41 Å². The van der Waals surface area contributed by atoms with Crippen LogP contribution in [-0.2, 0) is 4.79 Å². The molecule has 0 aliphatic rings. The third kappa shape index (κ3) is 6.78. The van der Waals surface area contributed by atoms with Gasteiger partial charge >= 0.3 is 12.0 Å². The van der Waals surface area contributed by atoms with Gasteiger partial charge in [0, 0.05) is 12.6 Å². The molecule has 2 amide bonds. The number of hydrogen-bond acceptors (Lipinski definition) is 2. The fraction of sp³-hybridized carbons (Fsp3) is 0.867. The lowest BCUT2D eigenvalue weighted by Crippen LogP contribution is -2.47. The predicted octanol–water partition coefficient (Wildman–Crippen LogP) is 3.15. The van der Waals surface area contributed by atoms with E-state index in [1.165, 1.54) is 0 Å². The minimum atomic E-state index is -0.902. The topological polar surface area (TPSA) is 78.4 Å². The molecule has 0 aromatic heterocycles. The number of amides is 2. The maximum absolute atomic E-state index is 11.9. The molecule has 0 rings (SSSR count). The minimum absolute atomic E-state index is 0.150. The minimum Gasteiger partial charge on any atom is -0.481 e. The van der Waals surface area contributed by atoms with E-state index in [0.717, 1.165) is 32.1 Å². The summed E-state index contributed by atoms with van der Waals surface area (Å²) in [5.74, 6) is -0.878. The Morgan fingerprint density at radius 1 is 1.15 bits per heavy atom. The number of carboxylic acids is 1. The largest absolute Gasteiger partial charge is 0.481 e. The quantitative estimate of drug-likeness (QED) is 0.577. The molecule has 0 spiro atoms. The zero-order chi connectivity index (χ0) is 15.6. The predicted molar refractivity (Wildman–Crippen MR) is 80.8 cm³/mol. The van der Waals surface area contributed by atoms with E-state index in [-0.39, 0.29) is 18.6 Å². The molecule has 20 heavy (non-hydrogen) atoms. The fourth-order valence-electron chi connectivity index (χ4n) is 1.95. The summed E-state index contributed by atoms with van der Waals surface area (Å²) in [6.07, 6.45) is 5.63. The van der Waals surface area contributed by atoms with Crippen LogP contribution in [0.1, 0.15) is 66.2 Å². The molecule has 2 atom stereocenters. The van der Waals surface area contributed by atoms with Gasteiger partial charge in [-0.2, -0.15) is 0 Å². The van der Waals surface area contributed by atoms with Gasteiger partial charge < -0.3 is 15.7 Å². The third-order valence-corrected chi connectivity index (χ3v) is 3.81. The van der Waals surface area contributed by atoms with Gasteiger partial charge in [-0.05, 0) is 26.2 Å². The van der Waals surface area contributed by atoms with E-state index in [4.69, 9.17) is 5.11 Å². The van der Waals surface area contributed by atoms with E-state index >= 15 is 0 Å². The highest BCUT2D eigenvalue weighted by Crippen LogP contribution is 2.19. The van der Waals surface area contributed by atoms with E-state index in [1.54, 1.807) is 6.92 Å². The molecule has 5 heteroatoms. The number of carboxylic acid groups (broad SMARTS) is 1. The first-order chi connectivity index (χ1) is 9.39. The molecule has 0 radical (unpaired) electrons. The van der Waals surface area contributed by atoms with Crippen molar-refractivity contribution >= 4 is 12.0 Å². The summed E-state index contributed by atoms with van der Waals surface area (Å²) in [6, 6.07) is -0.0851. The Morgan fingerprint density at radius 3 is 2.25 bits per heavy atom. The van der Waals surface area contributed by atoms with Crippen molar-refractivity contribution in [2.24, 2.45) is 5.41 Å². The van der Waals surface area contributed by atoms with Crippen molar-refractivity contribution in [1.82, 2.24) is 10.6 Å². The van der Waals surface area contributed by atoms with Crippen LogP contribution in [-0.4, -0.2) is 29.7 Å². The average Bonchev–Trinajstić information content (AvgIpc) is 2.42. The highest BCUT2D eigenvalue weighted by molar-refractivity contribution is 5.77. The molecule has 0 bridgehead atoms. The number of nitrogens with one attached hydrogen (secondary N) is 2. The van der Waals surface area contributed by atoms with Crippen molar-refractivity contribution < 1.29 is 14.7 Å². The highest BCUT2D eigenvalue weighted by atomic mass is 16.4. The van der Waals surface area contributed by atoms with E-state index in [0.29, 0.717) is 6.42 Å². The van der Waals surface area contributed by atoms with Gasteiger partial charge in [-0.15, -0.1) is 0 Å². The van der Waals surface area contributed by atoms with E-state index in [2.05, 4.69) is 24.5 Å². The fourth-order valence-corrected chi connectivity index (χ4v) is 1.95. The lowest BCUT2D eigenvalue weighted by molar-refractivity contribution is -0.147. The van der Waals surface area contributed by atoms with Crippen LogP contribution in [0.4, 0.5) is 4.79 Å². The second-order valence-corrected chi connectivity index (χ2v) is 5.67. The molecule has 3 N–H and O–H groups in total. The van der Waals surface area contributed by atoms with Crippen molar-refractivity contribution in [1.29, 1.82) is 0 Å². The van der Waals surface area contributed by atoms with Crippen LogP contribution in [0.2, 0.25) is 0 Å². The zero-order valence-corrected chi connectivity index (χ0v) is 13.3. The molecule has 5 nitrogen and oxygen atoms in total. The zero-order valence-electron chi connectivity index (χ0n) is 13.3. The molecular formula is C15H30N2O3. The van der Waals surface area contributed by atoms with Crippen molar-refractivity contribution in [3.63, 3.8) is 0 Å². The van der Waals surface area contributed by atoms with Crippen LogP contribution >= 0.6 is 0 Å². The number of rotatable bonds is 10. The van der Waals surface area contributed by atoms with Gasteiger partial charge in [-0.25, -0.2) is 4.79 Å². The Balaban J connectivity index is 4.28. The lowest BCUT2D eigenvalue weighted by atomic mass is 9.88. The Kier molecular flexibility index (Phi) is 9.01. The average molecular weight is 286 g/mol. The van der Waals surface area contributed by atoms with Crippen molar-refractivity contribution in [3.05, 3.63) is 0 Å². The molecule has 0 heterocycles. The van der Waals surface area contributed by atoms with Crippen molar-refractivity contribution in [2.75, 3.05) is 6.54 Å². The molecule has 118 valence electrons. The lowest BCUT2D eigenvalue weighted by Gasteiger charge is -2.24. The molecular weight excluding hydrogens is 256 g/mol. The van der Waals surface area contributed by atoms with Gasteiger partial charge in [-0.3, -0.25) is 4.79 Å². The molecule has 0 aromatic carbocycles. The Morgan fingerprint density at radius 2 is 1.80 bits per heavy atom. The SMILES string of the molecule is CCCCC(CCC)NC(=O)NCC(C)(CC)C(=O)O. The summed E-state index contributed by atoms with van der Waals surface area (Å²) in [7, 11) is 0. The first kappa shape index (κ1) is 18.7. The van der Waals surface area contributed by atoms with Crippen LogP contribution < -0.4 is 10.6 Å². The standard InChI is InChI=1S/C15H30N2O3/c1-5-8-10-12(9-6-2)17-14(20)16-11-15(4,7-3)13(18)19/h12H,5-11H2,1-4H3,(H,18,19)(H2,16,17,20). The van der Waals surface area contributed by atoms with Gasteiger partial charge in [0.1, 0.15) is 0 Å². The van der Waals surface area contributed by atoms with E-state index < -0.39 is 11.4 Å². The second kappa shape index (κ2) is 9.61. The molecule has 0 aliphatic heterocycles. The first-order valence-electron chi connectivity index (χ1n) is 7.67. The summed E-state index contributed by atoms with van der Waals surface area (Å²) < 4.78 is 0. The number of carbonyl (C=O) groups excluding carboxylic acids is 1. The number of urea groups is 1. The monoisotopic (exact) mass is 286 g/mol. The van der Waals surface area contributed by atoms with Gasteiger partial charge in [0.05, 0.1) is 5.41 Å². The molecule has 0 saturated heterocycles. The third-order valence-electron chi connectivity index (χ3n) is 3.81. The first-order valence-corrected chi connectivity index (χ1v) is 7.67. The van der Waals surface area contributed by atoms with Gasteiger partial charge in [0.2, 0.25) is 0 Å². The second-order valence-electron chi connectivity index (χ2n) is 5.67. The Hall–Kier alpha value is -1.26. The summed E-state index contributed by atoms with van der Waals surface area (Å²) in [4.78, 5) is 23.0. The number of unbranched alkanes of at least 4 members (excludes halogenated alkanes) is 1. The maximum Gasteiger partial charge on any atom is 0.315 e. The summed E-state index contributed by atoms with van der Waals surface area (Å²) in [6.45, 7) is 7.84. The van der Waals surface area contributed by atoms with Crippen molar-refractivity contribution in [2.45, 2.75) is 72.3 Å². The van der Waals surface area contributed by atoms with Crippen LogP contribution in [0.15, 0.2) is 0 Å². The molecule has 0 fully saturated rings. The van der Waals surface area contributed by atoms with Crippen LogP contribution in [0.3, 0.4) is 0 Å². The molecule has 2 unspecified atom stereocenters. The number of aliphatic carboxylic acids is 1. The number of hydrogen-bond donors (Lipinski definition) is 3. The van der Waals surface area contributed by atoms with E-state index in [1.807, 2.05) is 6.92 Å². The summed E-state index contributed by atoms with van der Waals surface area (Å²) in [5, 5.41) is 14.8. The summed E-state index contributed by atoms with van der Waals surface area (Å²) in [5.41, 5.74) is -0.902. The Labute approximate surface area is 122 Å². The van der Waals surface area contributed by atoms with Crippen LogP contribution in [0.5, 0.6) is 0 Å². The van der Waals surface area contributed by atoms with Crippen molar-refractivity contribution in [3.8, 4) is 0 Å². The normalized spacial score (nSPS) is 15.2. The van der Waals surface area contributed by atoms with E-state index in [9.17, 15) is 9.59 Å². The highest BCUT2D eigenvalue weighted by Gasteiger charge is 2.31. The Bertz CT molecular complexity index is 307. The van der Waals surface area contributed by atoms with Gasteiger partial charge in [0.25, 0.3) is 0 Å². The number of carbonyl (C=O) groups is 2. The van der Waals surface area contributed by atoms with Gasteiger partial charge in [-0.1, -0.05) is 40.0 Å². The van der Waals surface area contributed by atoms with Crippen LogP contribution in [0.25, 0.3) is 0 Å². The molecule has 0 aliphatic carbocycles. The summed E-state index contributed by atoms with van der Waals surface area (Å²) >= 11 is 0. The smallest absolute Gasteiger partial charge is 0.315 e. The maximum atomic E-state index is 11.9. The molecule has 0 saturated carbocycles.